The molecule has 3 nitrogen and oxygen atoms in total. The summed E-state index contributed by atoms with van der Waals surface area (Å²) >= 11 is 0. The van der Waals surface area contributed by atoms with Crippen molar-refractivity contribution >= 4 is 5.97 Å². The normalized spacial score (nSPS) is 12.6. The Hall–Kier alpha value is -0.570. The molecule has 0 heterocycles. The zero-order valence-electron chi connectivity index (χ0n) is 8.01. The molecule has 1 unspecified atom stereocenters. The first-order valence-electron chi connectivity index (χ1n) is 4.61. The molecule has 12 heavy (non-hydrogen) atoms. The minimum atomic E-state index is -0.169. The maximum atomic E-state index is 11.0. The van der Waals surface area contributed by atoms with E-state index in [-0.39, 0.29) is 12.0 Å². The fourth-order valence-corrected chi connectivity index (χ4v) is 0.748. The van der Waals surface area contributed by atoms with Gasteiger partial charge in [0, 0.05) is 6.04 Å². The molecule has 0 aliphatic rings. The Morgan fingerprint density at radius 2 is 2.17 bits per heavy atom. The van der Waals surface area contributed by atoms with E-state index >= 15 is 0 Å². The van der Waals surface area contributed by atoms with E-state index in [4.69, 9.17) is 10.5 Å². The molecule has 1 atom stereocenters. The highest BCUT2D eigenvalue weighted by atomic mass is 16.5. The highest BCUT2D eigenvalue weighted by Gasteiger charge is 2.07. The van der Waals surface area contributed by atoms with Crippen LogP contribution in [0.1, 0.15) is 39.5 Å². The first kappa shape index (κ1) is 11.4. The summed E-state index contributed by atoms with van der Waals surface area (Å²) in [6, 6.07) is -0.0425. The molecule has 3 heteroatoms. The molecule has 0 radical (unpaired) electrons. The van der Waals surface area contributed by atoms with E-state index in [2.05, 4.69) is 6.92 Å². The number of nitrogens with two attached hydrogens (primary N) is 1. The smallest absolute Gasteiger partial charge is 0.307 e. The second-order valence-electron chi connectivity index (χ2n) is 2.95. The predicted octanol–water partition coefficient (Wildman–Crippen LogP) is 1.46. The van der Waals surface area contributed by atoms with Crippen molar-refractivity contribution in [3.8, 4) is 0 Å². The average molecular weight is 173 g/mol. The Morgan fingerprint density at radius 3 is 2.67 bits per heavy atom. The van der Waals surface area contributed by atoms with Gasteiger partial charge in [-0.1, -0.05) is 20.3 Å². The maximum absolute atomic E-state index is 11.0. The van der Waals surface area contributed by atoms with Gasteiger partial charge in [-0.25, -0.2) is 0 Å². The molecule has 2 N–H and O–H groups in total. The van der Waals surface area contributed by atoms with Crippen LogP contribution in [0.4, 0.5) is 0 Å². The molecular formula is C9H19NO2. The first-order valence-corrected chi connectivity index (χ1v) is 4.61. The molecular weight excluding hydrogens is 154 g/mol. The van der Waals surface area contributed by atoms with Gasteiger partial charge in [-0.3, -0.25) is 4.79 Å². The van der Waals surface area contributed by atoms with E-state index in [1.54, 1.807) is 0 Å². The molecule has 0 saturated heterocycles. The van der Waals surface area contributed by atoms with Gasteiger partial charge in [0.2, 0.25) is 0 Å². The zero-order valence-corrected chi connectivity index (χ0v) is 8.01. The summed E-state index contributed by atoms with van der Waals surface area (Å²) in [4.78, 5) is 11.0. The number of carbonyl (C=O) groups excluding carboxylic acids is 1. The summed E-state index contributed by atoms with van der Waals surface area (Å²) < 4.78 is 4.94. The Morgan fingerprint density at radius 1 is 1.50 bits per heavy atom. The summed E-state index contributed by atoms with van der Waals surface area (Å²) in [7, 11) is 0. The van der Waals surface area contributed by atoms with Crippen molar-refractivity contribution in [1.29, 1.82) is 0 Å². The second-order valence-corrected chi connectivity index (χ2v) is 2.95. The number of hydrogen-bond acceptors (Lipinski definition) is 3. The summed E-state index contributed by atoms with van der Waals surface area (Å²) in [5.41, 5.74) is 5.58. The minimum Gasteiger partial charge on any atom is -0.466 e. The van der Waals surface area contributed by atoms with Crippen LogP contribution in [-0.2, 0) is 9.53 Å². The van der Waals surface area contributed by atoms with Crippen molar-refractivity contribution in [3.63, 3.8) is 0 Å². The average Bonchev–Trinajstić information content (AvgIpc) is 2.05. The van der Waals surface area contributed by atoms with Crippen molar-refractivity contribution in [2.45, 2.75) is 45.6 Å². The SMILES string of the molecule is CCCCOC(=O)CC(N)CC. The lowest BCUT2D eigenvalue weighted by molar-refractivity contribution is -0.144. The van der Waals surface area contributed by atoms with E-state index in [1.165, 1.54) is 0 Å². The van der Waals surface area contributed by atoms with Crippen molar-refractivity contribution in [1.82, 2.24) is 0 Å². The molecule has 0 amide bonds. The number of carbonyl (C=O) groups is 1. The molecule has 72 valence electrons. The van der Waals surface area contributed by atoms with E-state index < -0.39 is 0 Å². The molecule has 0 rings (SSSR count). The Bertz CT molecular complexity index is 126. The third kappa shape index (κ3) is 6.16. The third-order valence-electron chi connectivity index (χ3n) is 1.71. The number of rotatable bonds is 6. The van der Waals surface area contributed by atoms with Crippen LogP contribution < -0.4 is 5.73 Å². The van der Waals surface area contributed by atoms with Gasteiger partial charge in [-0.2, -0.15) is 0 Å². The number of hydrogen-bond donors (Lipinski definition) is 1. The molecule has 0 aromatic heterocycles. The second kappa shape index (κ2) is 7.10. The highest BCUT2D eigenvalue weighted by Crippen LogP contribution is 1.97. The van der Waals surface area contributed by atoms with Crippen LogP contribution in [0, 0.1) is 0 Å². The van der Waals surface area contributed by atoms with E-state index in [9.17, 15) is 4.79 Å². The lowest BCUT2D eigenvalue weighted by atomic mass is 10.2. The van der Waals surface area contributed by atoms with Gasteiger partial charge >= 0.3 is 5.97 Å². The van der Waals surface area contributed by atoms with Crippen molar-refractivity contribution in [3.05, 3.63) is 0 Å². The fraction of sp³-hybridized carbons (Fsp3) is 0.889. The third-order valence-corrected chi connectivity index (χ3v) is 1.71. The molecule has 0 fully saturated rings. The quantitative estimate of drug-likeness (QED) is 0.488. The molecule has 0 aromatic rings. The standard InChI is InChI=1S/C9H19NO2/c1-3-5-6-12-9(11)7-8(10)4-2/h8H,3-7,10H2,1-2H3. The van der Waals surface area contributed by atoms with Crippen LogP contribution in [0.15, 0.2) is 0 Å². The van der Waals surface area contributed by atoms with Crippen LogP contribution in [-0.4, -0.2) is 18.6 Å². The molecule has 0 saturated carbocycles. The molecule has 0 spiro atoms. The molecule has 0 bridgehead atoms. The number of unbranched alkanes of at least 4 members (excludes halogenated alkanes) is 1. The van der Waals surface area contributed by atoms with Crippen molar-refractivity contribution in [2.75, 3.05) is 6.61 Å². The largest absolute Gasteiger partial charge is 0.466 e. The minimum absolute atomic E-state index is 0.0425. The van der Waals surface area contributed by atoms with Crippen LogP contribution >= 0.6 is 0 Å². The topological polar surface area (TPSA) is 52.3 Å². The van der Waals surface area contributed by atoms with Crippen LogP contribution in [0.25, 0.3) is 0 Å². The highest BCUT2D eigenvalue weighted by molar-refractivity contribution is 5.70. The lowest BCUT2D eigenvalue weighted by Gasteiger charge is -2.07. The van der Waals surface area contributed by atoms with E-state index in [0.717, 1.165) is 19.3 Å². The number of ether oxygens (including phenoxy) is 1. The van der Waals surface area contributed by atoms with Gasteiger partial charge < -0.3 is 10.5 Å². The first-order chi connectivity index (χ1) is 5.70. The van der Waals surface area contributed by atoms with E-state index in [1.807, 2.05) is 6.92 Å². The van der Waals surface area contributed by atoms with Gasteiger partial charge in [0.1, 0.15) is 0 Å². The monoisotopic (exact) mass is 173 g/mol. The molecule has 0 aliphatic carbocycles. The van der Waals surface area contributed by atoms with Gasteiger partial charge in [-0.05, 0) is 12.8 Å². The van der Waals surface area contributed by atoms with Crippen LogP contribution in [0.2, 0.25) is 0 Å². The van der Waals surface area contributed by atoms with Crippen LogP contribution in [0.3, 0.4) is 0 Å². The Balaban J connectivity index is 3.33. The summed E-state index contributed by atoms with van der Waals surface area (Å²) in [5.74, 6) is -0.169. The number of esters is 1. The summed E-state index contributed by atoms with van der Waals surface area (Å²) in [6.07, 6.45) is 3.16. The lowest BCUT2D eigenvalue weighted by Crippen LogP contribution is -2.24. The Kier molecular flexibility index (Phi) is 6.76. The van der Waals surface area contributed by atoms with Gasteiger partial charge in [-0.15, -0.1) is 0 Å². The van der Waals surface area contributed by atoms with Gasteiger partial charge in [0.25, 0.3) is 0 Å². The zero-order chi connectivity index (χ0) is 9.40. The summed E-state index contributed by atoms with van der Waals surface area (Å²) in [5, 5.41) is 0. The van der Waals surface area contributed by atoms with Crippen molar-refractivity contribution < 1.29 is 9.53 Å². The van der Waals surface area contributed by atoms with Crippen LogP contribution in [0.5, 0.6) is 0 Å². The van der Waals surface area contributed by atoms with Crippen molar-refractivity contribution in [2.24, 2.45) is 5.73 Å². The van der Waals surface area contributed by atoms with E-state index in [0.29, 0.717) is 13.0 Å². The van der Waals surface area contributed by atoms with Gasteiger partial charge in [0.15, 0.2) is 0 Å². The summed E-state index contributed by atoms with van der Waals surface area (Å²) in [6.45, 7) is 4.56. The molecule has 0 aromatic carbocycles. The predicted molar refractivity (Wildman–Crippen MR) is 48.8 cm³/mol. The fourth-order valence-electron chi connectivity index (χ4n) is 0.748. The van der Waals surface area contributed by atoms with Gasteiger partial charge in [0.05, 0.1) is 13.0 Å². The maximum Gasteiger partial charge on any atom is 0.307 e. The Labute approximate surface area is 74.3 Å². The molecule has 0 aliphatic heterocycles.